The second-order valence-corrected chi connectivity index (χ2v) is 6.07. The molecular formula is C9H9ClFIO. The van der Waals surface area contributed by atoms with Gasteiger partial charge in [-0.3, -0.25) is 0 Å². The van der Waals surface area contributed by atoms with Gasteiger partial charge in [0.25, 0.3) is 0 Å². The number of hydrogen-bond acceptors (Lipinski definition) is 1. The summed E-state index contributed by atoms with van der Waals surface area (Å²) in [6.45, 7) is 3.70. The molecule has 0 saturated carbocycles. The highest BCUT2D eigenvalue weighted by Crippen LogP contribution is 2.27. The van der Waals surface area contributed by atoms with Gasteiger partial charge in [0.15, 0.2) is 15.2 Å². The van der Waals surface area contributed by atoms with Crippen LogP contribution in [0.25, 0.3) is 0 Å². The van der Waals surface area contributed by atoms with E-state index in [2.05, 4.69) is 22.6 Å². The average molecular weight is 315 g/mol. The van der Waals surface area contributed by atoms with Crippen LogP contribution in [0.5, 0.6) is 5.75 Å². The van der Waals surface area contributed by atoms with Gasteiger partial charge in [0, 0.05) is 5.02 Å². The molecule has 0 spiro atoms. The highest BCUT2D eigenvalue weighted by atomic mass is 127. The summed E-state index contributed by atoms with van der Waals surface area (Å²) in [5.41, 5.74) is 0. The van der Waals surface area contributed by atoms with E-state index in [-0.39, 0.29) is 5.75 Å². The van der Waals surface area contributed by atoms with Crippen molar-refractivity contribution in [1.82, 2.24) is 0 Å². The van der Waals surface area contributed by atoms with E-state index in [9.17, 15) is 4.39 Å². The molecule has 0 aliphatic carbocycles. The predicted octanol–water partition coefficient (Wildman–Crippen LogP) is 4.03. The van der Waals surface area contributed by atoms with E-state index in [0.29, 0.717) is 5.02 Å². The van der Waals surface area contributed by atoms with Crippen LogP contribution >= 0.6 is 34.2 Å². The average Bonchev–Trinajstić information content (AvgIpc) is 1.93. The Hall–Kier alpha value is -0.0300. The quantitative estimate of drug-likeness (QED) is 0.591. The monoisotopic (exact) mass is 314 g/mol. The van der Waals surface area contributed by atoms with Gasteiger partial charge in [0.05, 0.1) is 0 Å². The van der Waals surface area contributed by atoms with E-state index in [1.165, 1.54) is 12.1 Å². The predicted molar refractivity (Wildman–Crippen MR) is 60.1 cm³/mol. The van der Waals surface area contributed by atoms with E-state index in [1.54, 1.807) is 6.07 Å². The van der Waals surface area contributed by atoms with Crippen molar-refractivity contribution in [3.8, 4) is 5.75 Å². The number of alkyl halides is 1. The third-order valence-corrected chi connectivity index (χ3v) is 1.70. The first-order valence-electron chi connectivity index (χ1n) is 3.71. The Morgan fingerprint density at radius 3 is 2.54 bits per heavy atom. The van der Waals surface area contributed by atoms with Crippen LogP contribution in [0, 0.1) is 5.82 Å². The van der Waals surface area contributed by atoms with Crippen molar-refractivity contribution in [2.24, 2.45) is 0 Å². The van der Waals surface area contributed by atoms with Gasteiger partial charge in [-0.2, -0.15) is 0 Å². The number of rotatable bonds is 2. The van der Waals surface area contributed by atoms with Gasteiger partial charge in [-0.25, -0.2) is 4.39 Å². The molecule has 0 N–H and O–H groups in total. The summed E-state index contributed by atoms with van der Waals surface area (Å²) < 4.78 is 18.1. The minimum absolute atomic E-state index is 0.226. The summed E-state index contributed by atoms with van der Waals surface area (Å²) in [5, 5.41) is 0.371. The van der Waals surface area contributed by atoms with E-state index in [1.807, 2.05) is 13.8 Å². The van der Waals surface area contributed by atoms with Crippen LogP contribution in [0.2, 0.25) is 5.02 Å². The molecular weight excluding hydrogens is 305 g/mol. The molecule has 0 unspecified atom stereocenters. The second-order valence-electron chi connectivity index (χ2n) is 3.04. The van der Waals surface area contributed by atoms with Crippen molar-refractivity contribution in [1.29, 1.82) is 0 Å². The molecule has 0 saturated heterocycles. The highest BCUT2D eigenvalue weighted by Gasteiger charge is 2.16. The van der Waals surface area contributed by atoms with Crippen molar-refractivity contribution in [3.05, 3.63) is 29.0 Å². The molecule has 0 aliphatic rings. The molecule has 0 heterocycles. The Morgan fingerprint density at radius 1 is 1.46 bits per heavy atom. The van der Waals surface area contributed by atoms with Crippen LogP contribution in [0.15, 0.2) is 18.2 Å². The van der Waals surface area contributed by atoms with Crippen molar-refractivity contribution in [2.75, 3.05) is 0 Å². The topological polar surface area (TPSA) is 9.23 Å². The van der Waals surface area contributed by atoms with Crippen molar-refractivity contribution in [3.63, 3.8) is 0 Å². The van der Waals surface area contributed by atoms with Crippen molar-refractivity contribution < 1.29 is 9.13 Å². The van der Waals surface area contributed by atoms with Crippen molar-refractivity contribution >= 4 is 34.2 Å². The van der Waals surface area contributed by atoms with E-state index in [0.717, 1.165) is 0 Å². The van der Waals surface area contributed by atoms with Gasteiger partial charge in [-0.1, -0.05) is 11.6 Å². The molecule has 0 bridgehead atoms. The maximum absolute atomic E-state index is 13.2. The van der Waals surface area contributed by atoms with Crippen LogP contribution in [0.1, 0.15) is 13.8 Å². The first-order chi connectivity index (χ1) is 5.88. The van der Waals surface area contributed by atoms with Gasteiger partial charge in [-0.05, 0) is 54.6 Å². The fourth-order valence-corrected chi connectivity index (χ4v) is 1.22. The van der Waals surface area contributed by atoms with Gasteiger partial charge in [0.1, 0.15) is 0 Å². The molecule has 72 valence electrons. The molecule has 1 aromatic rings. The fraction of sp³-hybridized carbons (Fsp3) is 0.333. The summed E-state index contributed by atoms with van der Waals surface area (Å²) in [6.07, 6.45) is 0. The van der Waals surface area contributed by atoms with Crippen molar-refractivity contribution in [2.45, 2.75) is 17.5 Å². The normalized spacial score (nSPS) is 11.5. The molecule has 1 rings (SSSR count). The first kappa shape index (κ1) is 11.0. The van der Waals surface area contributed by atoms with Crippen LogP contribution in [0.3, 0.4) is 0 Å². The number of ether oxygens (including phenoxy) is 1. The second kappa shape index (κ2) is 4.00. The smallest absolute Gasteiger partial charge is 0.166 e. The Labute approximate surface area is 95.4 Å². The molecule has 1 aromatic carbocycles. The molecule has 0 fully saturated rings. The highest BCUT2D eigenvalue weighted by molar-refractivity contribution is 14.1. The maximum Gasteiger partial charge on any atom is 0.166 e. The van der Waals surface area contributed by atoms with Gasteiger partial charge in [0.2, 0.25) is 0 Å². The molecule has 0 radical (unpaired) electrons. The van der Waals surface area contributed by atoms with Crippen LogP contribution in [-0.2, 0) is 0 Å². The largest absolute Gasteiger partial charge is 0.475 e. The minimum Gasteiger partial charge on any atom is -0.475 e. The Bertz CT molecular complexity index is 309. The molecule has 0 atom stereocenters. The zero-order valence-corrected chi connectivity index (χ0v) is 10.2. The lowest BCUT2D eigenvalue weighted by Crippen LogP contribution is -2.19. The van der Waals surface area contributed by atoms with Crippen LogP contribution in [0.4, 0.5) is 4.39 Å². The molecule has 0 aliphatic heterocycles. The summed E-state index contributed by atoms with van der Waals surface area (Å²) >= 11 is 7.67. The number of benzene rings is 1. The molecule has 1 nitrogen and oxygen atoms in total. The van der Waals surface area contributed by atoms with E-state index < -0.39 is 9.43 Å². The molecule has 13 heavy (non-hydrogen) atoms. The molecule has 0 aromatic heterocycles. The SMILES string of the molecule is CC(C)(I)Oc1ccc(Cl)cc1F. The molecule has 4 heteroatoms. The van der Waals surface area contributed by atoms with E-state index in [4.69, 9.17) is 16.3 Å². The standard InChI is InChI=1S/C9H9ClFIO/c1-9(2,12)13-8-4-3-6(10)5-7(8)11/h3-5H,1-2H3. The van der Waals surface area contributed by atoms with Gasteiger partial charge in [-0.15, -0.1) is 0 Å². The number of hydrogen-bond donors (Lipinski definition) is 0. The van der Waals surface area contributed by atoms with Gasteiger partial charge < -0.3 is 4.74 Å². The maximum atomic E-state index is 13.2. The third-order valence-electron chi connectivity index (χ3n) is 1.25. The van der Waals surface area contributed by atoms with Crippen LogP contribution in [-0.4, -0.2) is 3.61 Å². The Morgan fingerprint density at radius 2 is 2.08 bits per heavy atom. The lowest BCUT2D eigenvalue weighted by molar-refractivity contribution is 0.215. The third kappa shape index (κ3) is 3.68. The summed E-state index contributed by atoms with van der Waals surface area (Å²) in [7, 11) is 0. The first-order valence-corrected chi connectivity index (χ1v) is 5.17. The zero-order valence-electron chi connectivity index (χ0n) is 7.27. The van der Waals surface area contributed by atoms with Gasteiger partial charge >= 0.3 is 0 Å². The summed E-state index contributed by atoms with van der Waals surface area (Å²) in [4.78, 5) is 0. The Kier molecular flexibility index (Phi) is 3.40. The lowest BCUT2D eigenvalue weighted by Gasteiger charge is -2.19. The molecule has 0 amide bonds. The lowest BCUT2D eigenvalue weighted by atomic mass is 10.3. The summed E-state index contributed by atoms with van der Waals surface area (Å²) in [5.74, 6) is -0.207. The zero-order chi connectivity index (χ0) is 10.1. The minimum atomic E-state index is -0.433. The Balaban J connectivity index is 2.90. The van der Waals surface area contributed by atoms with Crippen LogP contribution < -0.4 is 4.74 Å². The number of halogens is 3. The van der Waals surface area contributed by atoms with E-state index >= 15 is 0 Å². The summed E-state index contributed by atoms with van der Waals surface area (Å²) in [6, 6.07) is 4.36. The fourth-order valence-electron chi connectivity index (χ4n) is 0.819.